The molecular weight excluding hydrogens is 365 g/mol. The first kappa shape index (κ1) is 20.1. The summed E-state index contributed by atoms with van der Waals surface area (Å²) in [5.41, 5.74) is -2.15. The van der Waals surface area contributed by atoms with E-state index >= 15 is 0 Å². The van der Waals surface area contributed by atoms with Crippen LogP contribution in [-0.2, 0) is 23.9 Å². The van der Waals surface area contributed by atoms with Gasteiger partial charge in [-0.3, -0.25) is 14.4 Å². The van der Waals surface area contributed by atoms with Gasteiger partial charge in [0.15, 0.2) is 11.9 Å². The zero-order valence-electron chi connectivity index (χ0n) is 15.9. The summed E-state index contributed by atoms with van der Waals surface area (Å²) >= 11 is 0. The number of hydrogen-bond donors (Lipinski definition) is 0. The molecule has 0 aromatic rings. The van der Waals surface area contributed by atoms with E-state index in [4.69, 9.17) is 4.74 Å². The quantitative estimate of drug-likeness (QED) is 0.531. The Kier molecular flexibility index (Phi) is 4.63. The molecule has 27 heavy (non-hydrogen) atoms. The number of hydrogen-bond acceptors (Lipinski definition) is 5. The maximum atomic E-state index is 12.8. The molecule has 0 radical (unpaired) electrons. The molecule has 2 bridgehead atoms. The van der Waals surface area contributed by atoms with Crippen LogP contribution in [-0.4, -0.2) is 36.1 Å². The van der Waals surface area contributed by atoms with E-state index in [2.05, 4.69) is 4.74 Å². The zero-order chi connectivity index (χ0) is 20.4. The van der Waals surface area contributed by atoms with Crippen LogP contribution in [0.1, 0.15) is 53.4 Å². The van der Waals surface area contributed by atoms with Crippen molar-refractivity contribution < 1.29 is 37.0 Å². The van der Waals surface area contributed by atoms with Gasteiger partial charge >= 0.3 is 18.1 Å². The normalized spacial score (nSPS) is 36.0. The highest BCUT2D eigenvalue weighted by Gasteiger charge is 2.73. The molecule has 0 saturated heterocycles. The number of rotatable bonds is 5. The molecule has 152 valence electrons. The zero-order valence-corrected chi connectivity index (χ0v) is 15.9. The first-order valence-electron chi connectivity index (χ1n) is 9.36. The Morgan fingerprint density at radius 3 is 2.48 bits per heavy atom. The molecule has 0 spiro atoms. The third-order valence-electron chi connectivity index (χ3n) is 6.88. The maximum absolute atomic E-state index is 12.8. The average Bonchev–Trinajstić information content (AvgIpc) is 3.16. The van der Waals surface area contributed by atoms with Gasteiger partial charge in [0, 0.05) is 12.3 Å². The molecular formula is C19H25F3O5. The summed E-state index contributed by atoms with van der Waals surface area (Å²) in [6.07, 6.45) is -6.15. The lowest BCUT2D eigenvalue weighted by molar-refractivity contribution is -0.223. The van der Waals surface area contributed by atoms with Gasteiger partial charge in [0.2, 0.25) is 0 Å². The third kappa shape index (κ3) is 2.95. The van der Waals surface area contributed by atoms with Crippen LogP contribution in [0.5, 0.6) is 0 Å². The molecule has 6 unspecified atom stereocenters. The molecule has 0 aromatic carbocycles. The fourth-order valence-electron chi connectivity index (χ4n) is 4.81. The molecule has 3 aliphatic rings. The van der Waals surface area contributed by atoms with Crippen molar-refractivity contribution in [1.82, 2.24) is 0 Å². The second-order valence-corrected chi connectivity index (χ2v) is 8.77. The average molecular weight is 390 g/mol. The molecule has 0 aliphatic heterocycles. The summed E-state index contributed by atoms with van der Waals surface area (Å²) in [4.78, 5) is 37.6. The van der Waals surface area contributed by atoms with Crippen LogP contribution in [0.25, 0.3) is 0 Å². The van der Waals surface area contributed by atoms with Crippen LogP contribution in [0.15, 0.2) is 0 Å². The van der Waals surface area contributed by atoms with Crippen LogP contribution in [0.4, 0.5) is 13.2 Å². The Labute approximate surface area is 155 Å². The molecule has 3 saturated carbocycles. The van der Waals surface area contributed by atoms with E-state index in [-0.39, 0.29) is 36.4 Å². The lowest BCUT2D eigenvalue weighted by atomic mass is 9.73. The predicted octanol–water partition coefficient (Wildman–Crippen LogP) is 3.44. The van der Waals surface area contributed by atoms with Gasteiger partial charge in [-0.25, -0.2) is 0 Å². The van der Waals surface area contributed by atoms with E-state index in [1.54, 1.807) is 13.8 Å². The van der Waals surface area contributed by atoms with Gasteiger partial charge in [-0.15, -0.1) is 0 Å². The van der Waals surface area contributed by atoms with E-state index in [9.17, 15) is 27.6 Å². The summed E-state index contributed by atoms with van der Waals surface area (Å²) in [6.45, 7) is 6.20. The van der Waals surface area contributed by atoms with Gasteiger partial charge in [-0.2, -0.15) is 13.2 Å². The molecule has 0 aromatic heterocycles. The minimum Gasteiger partial charge on any atom is -0.461 e. The summed E-state index contributed by atoms with van der Waals surface area (Å²) in [5, 5.41) is 0. The minimum absolute atomic E-state index is 0.0428. The van der Waals surface area contributed by atoms with E-state index in [1.165, 1.54) is 0 Å². The summed E-state index contributed by atoms with van der Waals surface area (Å²) in [7, 11) is 0. The Bertz CT molecular complexity index is 671. The molecule has 5 nitrogen and oxygen atoms in total. The number of carbonyl (C=O) groups is 3. The van der Waals surface area contributed by atoms with Crippen LogP contribution in [0, 0.1) is 28.6 Å². The highest BCUT2D eigenvalue weighted by molar-refractivity contribution is 6.07. The summed E-state index contributed by atoms with van der Waals surface area (Å²) < 4.78 is 48.6. The Balaban J connectivity index is 1.77. The molecule has 3 fully saturated rings. The van der Waals surface area contributed by atoms with Crippen LogP contribution in [0.2, 0.25) is 0 Å². The van der Waals surface area contributed by atoms with Gasteiger partial charge < -0.3 is 9.47 Å². The Morgan fingerprint density at radius 2 is 1.93 bits per heavy atom. The monoisotopic (exact) mass is 390 g/mol. The molecule has 6 atom stereocenters. The number of esters is 2. The first-order valence-corrected chi connectivity index (χ1v) is 9.36. The van der Waals surface area contributed by atoms with Gasteiger partial charge in [0.1, 0.15) is 11.5 Å². The van der Waals surface area contributed by atoms with Crippen molar-refractivity contribution in [3.05, 3.63) is 0 Å². The minimum atomic E-state index is -4.67. The fourth-order valence-corrected chi connectivity index (χ4v) is 4.81. The first-order chi connectivity index (χ1) is 12.3. The van der Waals surface area contributed by atoms with E-state index in [0.717, 1.165) is 6.92 Å². The lowest BCUT2D eigenvalue weighted by Gasteiger charge is -2.35. The number of carbonyl (C=O) groups excluding carboxylic acids is 3. The van der Waals surface area contributed by atoms with Crippen molar-refractivity contribution in [3.63, 3.8) is 0 Å². The Morgan fingerprint density at radius 1 is 1.30 bits per heavy atom. The molecule has 8 heteroatoms. The van der Waals surface area contributed by atoms with Crippen LogP contribution in [0.3, 0.4) is 0 Å². The second kappa shape index (κ2) is 6.21. The highest BCUT2D eigenvalue weighted by Crippen LogP contribution is 2.66. The smallest absolute Gasteiger partial charge is 0.425 e. The molecule has 3 aliphatic carbocycles. The van der Waals surface area contributed by atoms with Crippen molar-refractivity contribution in [2.24, 2.45) is 28.6 Å². The second-order valence-electron chi connectivity index (χ2n) is 8.77. The van der Waals surface area contributed by atoms with E-state index in [1.807, 2.05) is 6.92 Å². The number of ketones is 1. The van der Waals surface area contributed by atoms with E-state index < -0.39 is 41.1 Å². The fraction of sp³-hybridized carbons (Fsp3) is 0.842. The van der Waals surface area contributed by atoms with Crippen molar-refractivity contribution in [1.29, 1.82) is 0 Å². The van der Waals surface area contributed by atoms with Crippen molar-refractivity contribution in [3.8, 4) is 0 Å². The van der Waals surface area contributed by atoms with Gasteiger partial charge in [-0.1, -0.05) is 6.92 Å². The molecule has 0 heterocycles. The standard InChI is InChI=1S/C19H25F3O5/c1-5-17(3,4)15(24)27-14-10-6-12-11(14)7-13(23)18(12,8-10)16(25)26-9(2)19(20,21)22/h9-12,14H,5-8H2,1-4H3. The molecule has 3 rings (SSSR count). The van der Waals surface area contributed by atoms with E-state index in [0.29, 0.717) is 12.8 Å². The summed E-state index contributed by atoms with van der Waals surface area (Å²) in [6, 6.07) is 0. The topological polar surface area (TPSA) is 69.7 Å². The van der Waals surface area contributed by atoms with Crippen molar-refractivity contribution in [2.75, 3.05) is 0 Å². The highest BCUT2D eigenvalue weighted by atomic mass is 19.4. The van der Waals surface area contributed by atoms with Crippen molar-refractivity contribution in [2.45, 2.75) is 71.8 Å². The maximum Gasteiger partial charge on any atom is 0.425 e. The third-order valence-corrected chi connectivity index (χ3v) is 6.88. The van der Waals surface area contributed by atoms with Gasteiger partial charge in [-0.05, 0) is 51.9 Å². The molecule has 0 N–H and O–H groups in total. The number of fused-ring (bicyclic) bond motifs is 1. The van der Waals surface area contributed by atoms with Crippen LogP contribution >= 0.6 is 0 Å². The van der Waals surface area contributed by atoms with Crippen LogP contribution < -0.4 is 0 Å². The summed E-state index contributed by atoms with van der Waals surface area (Å²) in [5.74, 6) is -2.73. The van der Waals surface area contributed by atoms with Gasteiger partial charge in [0.05, 0.1) is 5.41 Å². The van der Waals surface area contributed by atoms with Crippen molar-refractivity contribution >= 4 is 17.7 Å². The predicted molar refractivity (Wildman–Crippen MR) is 87.3 cm³/mol. The SMILES string of the molecule is CCC(C)(C)C(=O)OC1C2CC3C1CC(=O)C3(C(=O)OC(C)C(F)(F)F)C2. The number of alkyl halides is 3. The lowest BCUT2D eigenvalue weighted by Crippen LogP contribution is -2.46. The number of ether oxygens (including phenoxy) is 2. The Hall–Kier alpha value is -1.60. The molecule has 0 amide bonds. The number of Topliss-reactive ketones (excluding diaryl/α,β-unsaturated/α-hetero) is 1. The largest absolute Gasteiger partial charge is 0.461 e. The number of halogens is 3. The van der Waals surface area contributed by atoms with Gasteiger partial charge in [0.25, 0.3) is 0 Å².